The van der Waals surface area contributed by atoms with Crippen LogP contribution in [0.2, 0.25) is 0 Å². The first-order valence-electron chi connectivity index (χ1n) is 10.5. The van der Waals surface area contributed by atoms with Gasteiger partial charge in [0.1, 0.15) is 35.2 Å². The van der Waals surface area contributed by atoms with Crippen LogP contribution in [0.15, 0.2) is 72.8 Å². The number of methoxy groups -OCH3 is 2. The number of hydrogen-bond acceptors (Lipinski definition) is 6. The van der Waals surface area contributed by atoms with Crippen molar-refractivity contribution in [2.24, 2.45) is 0 Å². The highest BCUT2D eigenvalue weighted by atomic mass is 19.1. The van der Waals surface area contributed by atoms with E-state index in [1.54, 1.807) is 54.6 Å². The van der Waals surface area contributed by atoms with Gasteiger partial charge < -0.3 is 14.2 Å². The minimum atomic E-state index is -0.766. The summed E-state index contributed by atoms with van der Waals surface area (Å²) in [6, 6.07) is 18.7. The van der Waals surface area contributed by atoms with Gasteiger partial charge in [-0.1, -0.05) is 24.3 Å². The Hall–Kier alpha value is -4.53. The summed E-state index contributed by atoms with van der Waals surface area (Å²) in [4.78, 5) is 25.4. The van der Waals surface area contributed by atoms with Crippen LogP contribution in [0.1, 0.15) is 26.4 Å². The van der Waals surface area contributed by atoms with Gasteiger partial charge >= 0.3 is 11.9 Å². The van der Waals surface area contributed by atoms with E-state index in [-0.39, 0.29) is 29.1 Å². The Kier molecular flexibility index (Phi) is 6.86. The average molecular weight is 478 g/mol. The molecule has 0 aliphatic heterocycles. The highest BCUT2D eigenvalue weighted by Gasteiger charge is 2.31. The van der Waals surface area contributed by atoms with Gasteiger partial charge in [0.15, 0.2) is 5.69 Å². The molecule has 1 aromatic heterocycles. The zero-order valence-corrected chi connectivity index (χ0v) is 18.8. The molecule has 0 unspecified atom stereocenters. The number of para-hydroxylation sites is 1. The van der Waals surface area contributed by atoms with Gasteiger partial charge in [0.2, 0.25) is 0 Å². The van der Waals surface area contributed by atoms with Gasteiger partial charge in [-0.15, -0.1) is 0 Å². The number of carbonyl (C=O) groups is 2. The van der Waals surface area contributed by atoms with Crippen LogP contribution in [0.25, 0.3) is 16.9 Å². The normalized spacial score (nSPS) is 10.6. The van der Waals surface area contributed by atoms with Crippen LogP contribution in [0.4, 0.5) is 8.78 Å². The lowest BCUT2D eigenvalue weighted by Crippen LogP contribution is -2.15. The van der Waals surface area contributed by atoms with Crippen molar-refractivity contribution in [2.75, 3.05) is 14.2 Å². The van der Waals surface area contributed by atoms with Gasteiger partial charge in [-0.25, -0.2) is 23.1 Å². The van der Waals surface area contributed by atoms with Gasteiger partial charge in [0.05, 0.1) is 25.5 Å². The number of carbonyl (C=O) groups excluding carboxylic acids is 2. The van der Waals surface area contributed by atoms with E-state index in [1.165, 1.54) is 25.0 Å². The zero-order chi connectivity index (χ0) is 24.9. The fourth-order valence-electron chi connectivity index (χ4n) is 3.49. The van der Waals surface area contributed by atoms with Crippen molar-refractivity contribution < 1.29 is 32.6 Å². The van der Waals surface area contributed by atoms with Crippen molar-refractivity contribution >= 4 is 11.9 Å². The summed E-state index contributed by atoms with van der Waals surface area (Å²) in [7, 11) is 2.40. The molecular weight excluding hydrogens is 458 g/mol. The van der Waals surface area contributed by atoms with Crippen molar-refractivity contribution in [1.82, 2.24) is 9.78 Å². The largest absolute Gasteiger partial charge is 0.489 e. The van der Waals surface area contributed by atoms with E-state index in [0.29, 0.717) is 17.0 Å². The fourth-order valence-corrected chi connectivity index (χ4v) is 3.49. The Bertz CT molecular complexity index is 1350. The maximum atomic E-state index is 13.9. The summed E-state index contributed by atoms with van der Waals surface area (Å²) in [6.07, 6.45) is 0. The SMILES string of the molecule is COC(=O)c1c(-c2ccc(OCc3c(F)cccc3F)cc2)nn(-c2ccccc2)c1C(=O)OC. The minimum absolute atomic E-state index is 0.0645. The van der Waals surface area contributed by atoms with Crippen LogP contribution >= 0.6 is 0 Å². The Balaban J connectivity index is 1.73. The quantitative estimate of drug-likeness (QED) is 0.349. The second-order valence-electron chi connectivity index (χ2n) is 7.32. The smallest absolute Gasteiger partial charge is 0.357 e. The third-order valence-corrected chi connectivity index (χ3v) is 5.23. The summed E-state index contributed by atoms with van der Waals surface area (Å²) in [5.41, 5.74) is 0.869. The number of benzene rings is 3. The Morgan fingerprint density at radius 2 is 1.46 bits per heavy atom. The van der Waals surface area contributed by atoms with Crippen molar-refractivity contribution in [3.05, 3.63) is 101 Å². The number of halogens is 2. The standard InChI is InChI=1S/C26H20F2N2O5/c1-33-25(31)22-23(29-30(24(22)26(32)34-2)17-7-4-3-5-8-17)16-11-13-18(14-12-16)35-15-19-20(27)9-6-10-21(19)28/h3-14H,15H2,1-2H3. The van der Waals surface area contributed by atoms with Crippen LogP contribution in [-0.4, -0.2) is 35.9 Å². The fraction of sp³-hybridized carbons (Fsp3) is 0.115. The monoisotopic (exact) mass is 478 g/mol. The second kappa shape index (κ2) is 10.2. The second-order valence-corrected chi connectivity index (χ2v) is 7.32. The Morgan fingerprint density at radius 3 is 2.06 bits per heavy atom. The maximum Gasteiger partial charge on any atom is 0.357 e. The van der Waals surface area contributed by atoms with Gasteiger partial charge in [0.25, 0.3) is 0 Å². The van der Waals surface area contributed by atoms with E-state index >= 15 is 0 Å². The van der Waals surface area contributed by atoms with E-state index in [1.807, 2.05) is 0 Å². The molecule has 178 valence electrons. The number of nitrogens with zero attached hydrogens (tertiary/aromatic N) is 2. The Labute approximate surface area is 199 Å². The van der Waals surface area contributed by atoms with E-state index in [4.69, 9.17) is 14.2 Å². The molecule has 4 aromatic rings. The molecule has 0 aliphatic rings. The van der Waals surface area contributed by atoms with Gasteiger partial charge in [0, 0.05) is 5.56 Å². The van der Waals surface area contributed by atoms with Crippen LogP contribution in [-0.2, 0) is 16.1 Å². The highest BCUT2D eigenvalue weighted by molar-refractivity contribution is 6.06. The molecule has 0 saturated carbocycles. The number of aromatic nitrogens is 2. The zero-order valence-electron chi connectivity index (χ0n) is 18.8. The molecule has 35 heavy (non-hydrogen) atoms. The first-order chi connectivity index (χ1) is 16.9. The number of rotatable bonds is 7. The molecule has 9 heteroatoms. The third-order valence-electron chi connectivity index (χ3n) is 5.23. The summed E-state index contributed by atoms with van der Waals surface area (Å²) in [5.74, 6) is -2.60. The first-order valence-corrected chi connectivity index (χ1v) is 10.5. The molecule has 4 rings (SSSR count). The highest BCUT2D eigenvalue weighted by Crippen LogP contribution is 2.30. The summed E-state index contributed by atoms with van der Waals surface area (Å²) < 4.78 is 44.4. The third kappa shape index (κ3) is 4.74. The van der Waals surface area contributed by atoms with Crippen molar-refractivity contribution in [1.29, 1.82) is 0 Å². The molecule has 0 fully saturated rings. The predicted octanol–water partition coefficient (Wildman–Crippen LogP) is 4.97. The molecule has 0 saturated heterocycles. The van der Waals surface area contributed by atoms with Crippen molar-refractivity contribution in [2.45, 2.75) is 6.61 Å². The van der Waals surface area contributed by atoms with E-state index in [2.05, 4.69) is 5.10 Å². The molecule has 0 bridgehead atoms. The first kappa shape index (κ1) is 23.6. The van der Waals surface area contributed by atoms with Gasteiger partial charge in [-0.05, 0) is 48.5 Å². The van der Waals surface area contributed by atoms with Crippen LogP contribution in [0.3, 0.4) is 0 Å². The number of esters is 2. The lowest BCUT2D eigenvalue weighted by molar-refractivity contribution is 0.0549. The van der Waals surface area contributed by atoms with E-state index in [9.17, 15) is 18.4 Å². The molecule has 0 amide bonds. The van der Waals surface area contributed by atoms with Gasteiger partial charge in [-0.2, -0.15) is 5.10 Å². The number of ether oxygens (including phenoxy) is 3. The van der Waals surface area contributed by atoms with E-state index in [0.717, 1.165) is 12.1 Å². The molecule has 0 spiro atoms. The predicted molar refractivity (Wildman–Crippen MR) is 122 cm³/mol. The summed E-state index contributed by atoms with van der Waals surface area (Å²) in [5, 5.41) is 4.51. The van der Waals surface area contributed by atoms with Crippen molar-refractivity contribution in [3.8, 4) is 22.7 Å². The van der Waals surface area contributed by atoms with E-state index < -0.39 is 23.6 Å². The molecule has 0 N–H and O–H groups in total. The molecule has 3 aromatic carbocycles. The molecule has 0 atom stereocenters. The molecule has 1 heterocycles. The molecular formula is C26H20F2N2O5. The average Bonchev–Trinajstić information content (AvgIpc) is 3.29. The topological polar surface area (TPSA) is 79.7 Å². The van der Waals surface area contributed by atoms with Crippen molar-refractivity contribution in [3.63, 3.8) is 0 Å². The van der Waals surface area contributed by atoms with Crippen LogP contribution in [0.5, 0.6) is 5.75 Å². The van der Waals surface area contributed by atoms with Gasteiger partial charge in [-0.3, -0.25) is 0 Å². The lowest BCUT2D eigenvalue weighted by atomic mass is 10.1. The summed E-state index contributed by atoms with van der Waals surface area (Å²) in [6.45, 7) is -0.305. The maximum absolute atomic E-state index is 13.9. The minimum Gasteiger partial charge on any atom is -0.489 e. The number of hydrogen-bond donors (Lipinski definition) is 0. The van der Waals surface area contributed by atoms with Crippen LogP contribution in [0, 0.1) is 11.6 Å². The molecule has 0 aliphatic carbocycles. The Morgan fingerprint density at radius 1 is 0.829 bits per heavy atom. The molecule has 7 nitrogen and oxygen atoms in total. The van der Waals surface area contributed by atoms with Crippen LogP contribution < -0.4 is 4.74 Å². The summed E-state index contributed by atoms with van der Waals surface area (Å²) >= 11 is 0. The lowest BCUT2D eigenvalue weighted by Gasteiger charge is -2.09. The molecule has 0 radical (unpaired) electrons.